The molecule has 2 aromatic carbocycles. The Labute approximate surface area is 135 Å². The molecule has 2 aromatic rings. The van der Waals surface area contributed by atoms with Gasteiger partial charge in [0.25, 0.3) is 6.43 Å². The molecule has 0 aromatic heterocycles. The van der Waals surface area contributed by atoms with E-state index in [1.165, 1.54) is 17.7 Å². The Balaban J connectivity index is 1.73. The number of hydrogen-bond donors (Lipinski definition) is 0. The first-order chi connectivity index (χ1) is 11.2. The molecule has 0 saturated carbocycles. The number of halogens is 2. The molecule has 0 radical (unpaired) electrons. The second kappa shape index (κ2) is 6.78. The average Bonchev–Trinajstić information content (AvgIpc) is 2.62. The maximum Gasteiger partial charge on any atom is 0.265 e. The first-order valence-electron chi connectivity index (χ1n) is 7.81. The number of hydrogen-bond acceptors (Lipinski definition) is 2. The summed E-state index contributed by atoms with van der Waals surface area (Å²) >= 11 is 0. The Morgan fingerprint density at radius 3 is 2.35 bits per heavy atom. The van der Waals surface area contributed by atoms with Gasteiger partial charge in [0.15, 0.2) is 0 Å². The summed E-state index contributed by atoms with van der Waals surface area (Å²) < 4.78 is 26.2. The van der Waals surface area contributed by atoms with Crippen LogP contribution in [-0.2, 0) is 0 Å². The Morgan fingerprint density at radius 1 is 1.04 bits per heavy atom. The van der Waals surface area contributed by atoms with Crippen molar-refractivity contribution < 1.29 is 8.78 Å². The number of benzene rings is 2. The highest BCUT2D eigenvalue weighted by atomic mass is 19.3. The minimum absolute atomic E-state index is 0.0583. The monoisotopic (exact) mass is 312 g/mol. The molecule has 2 nitrogen and oxygen atoms in total. The summed E-state index contributed by atoms with van der Waals surface area (Å²) in [6.07, 6.45) is -0.603. The molecule has 0 N–H and O–H groups in total. The fourth-order valence-corrected chi connectivity index (χ4v) is 3.23. The molecule has 3 rings (SSSR count). The topological polar surface area (TPSA) is 27.0 Å². The van der Waals surface area contributed by atoms with Gasteiger partial charge in [0, 0.05) is 24.3 Å². The summed E-state index contributed by atoms with van der Waals surface area (Å²) in [5.41, 5.74) is 2.02. The highest BCUT2D eigenvalue weighted by Gasteiger charge is 2.22. The molecule has 0 spiro atoms. The highest BCUT2D eigenvalue weighted by molar-refractivity contribution is 5.54. The average molecular weight is 312 g/mol. The lowest BCUT2D eigenvalue weighted by molar-refractivity contribution is 0.151. The van der Waals surface area contributed by atoms with Crippen molar-refractivity contribution in [3.05, 3.63) is 65.2 Å². The summed E-state index contributed by atoms with van der Waals surface area (Å²) in [4.78, 5) is 2.13. The fourth-order valence-electron chi connectivity index (χ4n) is 3.23. The van der Waals surface area contributed by atoms with Crippen LogP contribution in [0.1, 0.15) is 41.9 Å². The zero-order valence-corrected chi connectivity index (χ0v) is 12.8. The molecule has 4 heteroatoms. The van der Waals surface area contributed by atoms with Gasteiger partial charge in [-0.05, 0) is 42.5 Å². The van der Waals surface area contributed by atoms with Crippen LogP contribution >= 0.6 is 0 Å². The second-order valence-electron chi connectivity index (χ2n) is 5.86. The van der Waals surface area contributed by atoms with Crippen LogP contribution in [0.5, 0.6) is 0 Å². The molecule has 0 bridgehead atoms. The number of alkyl halides is 2. The first kappa shape index (κ1) is 15.5. The smallest absolute Gasteiger partial charge is 0.265 e. The molecule has 0 unspecified atom stereocenters. The molecule has 1 fully saturated rings. The zero-order valence-electron chi connectivity index (χ0n) is 12.8. The van der Waals surface area contributed by atoms with E-state index in [0.717, 1.165) is 31.6 Å². The van der Waals surface area contributed by atoms with Gasteiger partial charge in [0.1, 0.15) is 0 Å². The van der Waals surface area contributed by atoms with Gasteiger partial charge >= 0.3 is 0 Å². The van der Waals surface area contributed by atoms with Crippen molar-refractivity contribution in [3.63, 3.8) is 0 Å². The van der Waals surface area contributed by atoms with Gasteiger partial charge in [-0.3, -0.25) is 0 Å². The first-order valence-corrected chi connectivity index (χ1v) is 7.81. The summed E-state index contributed by atoms with van der Waals surface area (Å²) in [7, 11) is 0. The molecule has 0 amide bonds. The number of anilines is 1. The van der Waals surface area contributed by atoms with E-state index in [4.69, 9.17) is 5.26 Å². The fraction of sp³-hybridized carbons (Fsp3) is 0.316. The van der Waals surface area contributed by atoms with Crippen LogP contribution in [0.3, 0.4) is 0 Å². The van der Waals surface area contributed by atoms with E-state index in [1.54, 1.807) is 6.07 Å². The Kier molecular flexibility index (Phi) is 4.57. The number of nitrogens with zero attached hydrogens (tertiary/aromatic N) is 2. The third-order valence-corrected chi connectivity index (χ3v) is 4.52. The molecule has 23 heavy (non-hydrogen) atoms. The van der Waals surface area contributed by atoms with Gasteiger partial charge in [0.2, 0.25) is 0 Å². The molecule has 118 valence electrons. The number of rotatable bonds is 3. The van der Waals surface area contributed by atoms with Crippen molar-refractivity contribution in [1.82, 2.24) is 0 Å². The lowest BCUT2D eigenvalue weighted by Crippen LogP contribution is -2.32. The normalized spacial score (nSPS) is 15.7. The molecule has 1 aliphatic rings. The van der Waals surface area contributed by atoms with Crippen molar-refractivity contribution in [2.45, 2.75) is 25.2 Å². The third-order valence-electron chi connectivity index (χ3n) is 4.52. The molecule has 1 heterocycles. The number of piperidine rings is 1. The van der Waals surface area contributed by atoms with Crippen molar-refractivity contribution in [2.24, 2.45) is 0 Å². The maximum atomic E-state index is 13.1. The summed E-state index contributed by atoms with van der Waals surface area (Å²) in [5.74, 6) is 0.528. The van der Waals surface area contributed by atoms with Gasteiger partial charge < -0.3 is 4.90 Å². The highest BCUT2D eigenvalue weighted by Crippen LogP contribution is 2.32. The minimum Gasteiger partial charge on any atom is -0.371 e. The van der Waals surface area contributed by atoms with Crippen LogP contribution in [0.2, 0.25) is 0 Å². The molecule has 0 atom stereocenters. The minimum atomic E-state index is -2.62. The van der Waals surface area contributed by atoms with E-state index < -0.39 is 6.43 Å². The van der Waals surface area contributed by atoms with Crippen LogP contribution in [0.25, 0.3) is 0 Å². The molecular formula is C19H18F2N2. The maximum absolute atomic E-state index is 13.1. The molecule has 0 aliphatic carbocycles. The summed E-state index contributed by atoms with van der Waals surface area (Å²) in [6, 6.07) is 17.0. The lowest BCUT2D eigenvalue weighted by atomic mass is 9.89. The van der Waals surface area contributed by atoms with Gasteiger partial charge in [-0.15, -0.1) is 0 Å². The van der Waals surface area contributed by atoms with E-state index >= 15 is 0 Å². The van der Waals surface area contributed by atoms with Gasteiger partial charge in [-0.25, -0.2) is 8.78 Å². The predicted octanol–water partition coefficient (Wildman–Crippen LogP) is 4.88. The lowest BCUT2D eigenvalue weighted by Gasteiger charge is -2.34. The largest absolute Gasteiger partial charge is 0.371 e. The van der Waals surface area contributed by atoms with Crippen LogP contribution < -0.4 is 4.90 Å². The van der Waals surface area contributed by atoms with Crippen LogP contribution in [-0.4, -0.2) is 13.1 Å². The van der Waals surface area contributed by atoms with E-state index in [9.17, 15) is 8.78 Å². The van der Waals surface area contributed by atoms with E-state index in [2.05, 4.69) is 29.2 Å². The van der Waals surface area contributed by atoms with Crippen LogP contribution in [0.4, 0.5) is 14.5 Å². The zero-order chi connectivity index (χ0) is 16.2. The quantitative estimate of drug-likeness (QED) is 0.807. The Bertz CT molecular complexity index is 699. The van der Waals surface area contributed by atoms with E-state index in [-0.39, 0.29) is 11.1 Å². The Morgan fingerprint density at radius 2 is 1.74 bits per heavy atom. The predicted molar refractivity (Wildman–Crippen MR) is 86.7 cm³/mol. The molecule has 1 aliphatic heterocycles. The van der Waals surface area contributed by atoms with E-state index in [1.807, 2.05) is 12.1 Å². The van der Waals surface area contributed by atoms with Crippen LogP contribution in [0.15, 0.2) is 48.5 Å². The van der Waals surface area contributed by atoms with Crippen molar-refractivity contribution in [2.75, 3.05) is 18.0 Å². The van der Waals surface area contributed by atoms with Crippen LogP contribution in [0, 0.1) is 11.3 Å². The summed E-state index contributed by atoms with van der Waals surface area (Å²) in [5, 5.41) is 8.93. The van der Waals surface area contributed by atoms with Crippen molar-refractivity contribution in [1.29, 1.82) is 5.26 Å². The van der Waals surface area contributed by atoms with Crippen molar-refractivity contribution in [3.8, 4) is 6.07 Å². The van der Waals surface area contributed by atoms with Crippen molar-refractivity contribution >= 4 is 5.69 Å². The Hall–Kier alpha value is -2.41. The second-order valence-corrected chi connectivity index (χ2v) is 5.86. The van der Waals surface area contributed by atoms with Gasteiger partial charge in [-0.2, -0.15) is 5.26 Å². The molecular weight excluding hydrogens is 294 g/mol. The van der Waals surface area contributed by atoms with Gasteiger partial charge in [-0.1, -0.05) is 30.3 Å². The standard InChI is InChI=1S/C19H18F2N2/c20-19(21)18-12-17(7-6-16(18)13-22)23-10-8-15(9-11-23)14-4-2-1-3-5-14/h1-7,12,15,19H,8-11H2. The summed E-state index contributed by atoms with van der Waals surface area (Å²) in [6.45, 7) is 1.68. The van der Waals surface area contributed by atoms with Gasteiger partial charge in [0.05, 0.1) is 11.6 Å². The SMILES string of the molecule is N#Cc1ccc(N2CCC(c3ccccc3)CC2)cc1C(F)F. The van der Waals surface area contributed by atoms with E-state index in [0.29, 0.717) is 5.92 Å². The molecule has 1 saturated heterocycles. The third kappa shape index (κ3) is 3.34. The number of nitriles is 1.